The zero-order valence-corrected chi connectivity index (χ0v) is 9.27. The zero-order valence-electron chi connectivity index (χ0n) is 9.27. The van der Waals surface area contributed by atoms with Crippen molar-refractivity contribution in [2.24, 2.45) is 0 Å². The Morgan fingerprint density at radius 2 is 2.06 bits per heavy atom. The third-order valence-corrected chi connectivity index (χ3v) is 2.56. The minimum atomic E-state index is 0.721. The molecule has 0 atom stereocenters. The lowest BCUT2D eigenvalue weighted by atomic mass is 10.2. The van der Waals surface area contributed by atoms with Crippen LogP contribution in [-0.4, -0.2) is 4.98 Å². The van der Waals surface area contributed by atoms with Crippen LogP contribution in [0, 0.1) is 6.92 Å². The molecule has 1 heterocycles. The normalized spacial score (nSPS) is 10.1. The zero-order chi connectivity index (χ0) is 11.4. The van der Waals surface area contributed by atoms with Crippen LogP contribution in [0.1, 0.15) is 11.1 Å². The second kappa shape index (κ2) is 4.66. The van der Waals surface area contributed by atoms with E-state index < -0.39 is 0 Å². The number of hydrogen-bond donors (Lipinski definition) is 2. The number of benzene rings is 1. The summed E-state index contributed by atoms with van der Waals surface area (Å²) in [6, 6.07) is 10.1. The predicted octanol–water partition coefficient (Wildman–Crippen LogP) is 2.58. The van der Waals surface area contributed by atoms with Crippen molar-refractivity contribution in [3.8, 4) is 0 Å². The molecule has 0 saturated carbocycles. The first-order valence-electron chi connectivity index (χ1n) is 5.25. The fourth-order valence-corrected chi connectivity index (χ4v) is 1.56. The van der Waals surface area contributed by atoms with Crippen molar-refractivity contribution in [2.75, 3.05) is 11.1 Å². The number of aryl methyl sites for hydroxylation is 1. The van der Waals surface area contributed by atoms with Gasteiger partial charge in [0, 0.05) is 18.4 Å². The van der Waals surface area contributed by atoms with Gasteiger partial charge in [-0.05, 0) is 30.2 Å². The molecule has 16 heavy (non-hydrogen) atoms. The molecule has 3 nitrogen and oxygen atoms in total. The van der Waals surface area contributed by atoms with Gasteiger partial charge in [0.1, 0.15) is 0 Å². The van der Waals surface area contributed by atoms with E-state index in [9.17, 15) is 0 Å². The molecule has 0 fully saturated rings. The number of hydrogen-bond acceptors (Lipinski definition) is 3. The molecule has 3 N–H and O–H groups in total. The highest BCUT2D eigenvalue weighted by Gasteiger charge is 1.99. The van der Waals surface area contributed by atoms with E-state index in [1.165, 1.54) is 5.56 Å². The maximum Gasteiger partial charge on any atom is 0.0551 e. The molecule has 0 aliphatic rings. The molecule has 0 spiro atoms. The molecule has 82 valence electrons. The van der Waals surface area contributed by atoms with Crippen LogP contribution in [0.5, 0.6) is 0 Å². The van der Waals surface area contributed by atoms with Crippen molar-refractivity contribution in [1.82, 2.24) is 4.98 Å². The van der Waals surface area contributed by atoms with Crippen LogP contribution in [0.2, 0.25) is 0 Å². The molecule has 0 aliphatic heterocycles. The lowest BCUT2D eigenvalue weighted by Crippen LogP contribution is -2.04. The monoisotopic (exact) mass is 213 g/mol. The maximum absolute atomic E-state index is 5.82. The average molecular weight is 213 g/mol. The van der Waals surface area contributed by atoms with E-state index in [2.05, 4.69) is 29.4 Å². The molecule has 0 amide bonds. The van der Waals surface area contributed by atoms with Gasteiger partial charge in [0.05, 0.1) is 11.9 Å². The van der Waals surface area contributed by atoms with E-state index in [4.69, 9.17) is 5.73 Å². The number of nitrogens with zero attached hydrogens (tertiary/aromatic N) is 1. The molecular formula is C13H15N3. The lowest BCUT2D eigenvalue weighted by molar-refractivity contribution is 1.13. The van der Waals surface area contributed by atoms with Crippen LogP contribution < -0.4 is 11.1 Å². The predicted molar refractivity (Wildman–Crippen MR) is 67.2 cm³/mol. The van der Waals surface area contributed by atoms with E-state index in [0.29, 0.717) is 0 Å². The Bertz CT molecular complexity index is 435. The van der Waals surface area contributed by atoms with Crippen molar-refractivity contribution in [1.29, 1.82) is 0 Å². The molecular weight excluding hydrogens is 198 g/mol. The van der Waals surface area contributed by atoms with Crippen LogP contribution >= 0.6 is 0 Å². The molecule has 0 saturated heterocycles. The fourth-order valence-electron chi connectivity index (χ4n) is 1.56. The van der Waals surface area contributed by atoms with E-state index in [1.54, 1.807) is 12.4 Å². The summed E-state index contributed by atoms with van der Waals surface area (Å²) >= 11 is 0. The summed E-state index contributed by atoms with van der Waals surface area (Å²) in [7, 11) is 0. The van der Waals surface area contributed by atoms with Crippen molar-refractivity contribution >= 4 is 11.4 Å². The SMILES string of the molecule is Cc1ccccc1NCc1ccncc1N. The third kappa shape index (κ3) is 2.31. The minimum Gasteiger partial charge on any atom is -0.397 e. The highest BCUT2D eigenvalue weighted by Crippen LogP contribution is 2.16. The number of aromatic nitrogens is 1. The molecule has 2 aromatic rings. The van der Waals surface area contributed by atoms with Gasteiger partial charge >= 0.3 is 0 Å². The smallest absolute Gasteiger partial charge is 0.0551 e. The van der Waals surface area contributed by atoms with Gasteiger partial charge in [0.25, 0.3) is 0 Å². The summed E-state index contributed by atoms with van der Waals surface area (Å²) in [5.74, 6) is 0. The molecule has 0 radical (unpaired) electrons. The van der Waals surface area contributed by atoms with E-state index in [-0.39, 0.29) is 0 Å². The largest absolute Gasteiger partial charge is 0.397 e. The van der Waals surface area contributed by atoms with Crippen molar-refractivity contribution < 1.29 is 0 Å². The Morgan fingerprint density at radius 1 is 1.25 bits per heavy atom. The van der Waals surface area contributed by atoms with Gasteiger partial charge in [-0.3, -0.25) is 4.98 Å². The van der Waals surface area contributed by atoms with E-state index in [1.807, 2.05) is 18.2 Å². The van der Waals surface area contributed by atoms with Crippen LogP contribution in [0.25, 0.3) is 0 Å². The first-order chi connectivity index (χ1) is 7.77. The summed E-state index contributed by atoms with van der Waals surface area (Å²) in [6.07, 6.45) is 3.43. The average Bonchev–Trinajstić information content (AvgIpc) is 2.30. The summed E-state index contributed by atoms with van der Waals surface area (Å²) in [5, 5.41) is 3.36. The molecule has 1 aromatic heterocycles. The first-order valence-corrected chi connectivity index (χ1v) is 5.25. The quantitative estimate of drug-likeness (QED) is 0.824. The van der Waals surface area contributed by atoms with Gasteiger partial charge in [0.2, 0.25) is 0 Å². The second-order valence-electron chi connectivity index (χ2n) is 3.74. The Hall–Kier alpha value is -2.03. The van der Waals surface area contributed by atoms with Gasteiger partial charge in [0.15, 0.2) is 0 Å². The van der Waals surface area contributed by atoms with E-state index >= 15 is 0 Å². The van der Waals surface area contributed by atoms with Crippen LogP contribution in [-0.2, 0) is 6.54 Å². The number of anilines is 2. The molecule has 0 aliphatic carbocycles. The number of rotatable bonds is 3. The molecule has 2 rings (SSSR count). The standard InChI is InChI=1S/C13H15N3/c1-10-4-2-3-5-13(10)16-8-11-6-7-15-9-12(11)14/h2-7,9,16H,8,14H2,1H3. The molecule has 0 unspecified atom stereocenters. The number of para-hydroxylation sites is 1. The summed E-state index contributed by atoms with van der Waals surface area (Å²) in [5.41, 5.74) is 9.98. The summed E-state index contributed by atoms with van der Waals surface area (Å²) in [6.45, 7) is 2.80. The number of nitrogens with two attached hydrogens (primary N) is 1. The van der Waals surface area contributed by atoms with Gasteiger partial charge in [-0.1, -0.05) is 18.2 Å². The van der Waals surface area contributed by atoms with E-state index in [0.717, 1.165) is 23.5 Å². The topological polar surface area (TPSA) is 50.9 Å². The van der Waals surface area contributed by atoms with Gasteiger partial charge in [-0.2, -0.15) is 0 Å². The summed E-state index contributed by atoms with van der Waals surface area (Å²) < 4.78 is 0. The molecule has 0 bridgehead atoms. The van der Waals surface area contributed by atoms with Crippen LogP contribution in [0.4, 0.5) is 11.4 Å². The van der Waals surface area contributed by atoms with Gasteiger partial charge in [-0.25, -0.2) is 0 Å². The molecule has 1 aromatic carbocycles. The van der Waals surface area contributed by atoms with Crippen LogP contribution in [0.15, 0.2) is 42.7 Å². The molecule has 3 heteroatoms. The Kier molecular flexibility index (Phi) is 3.05. The number of pyridine rings is 1. The van der Waals surface area contributed by atoms with Gasteiger partial charge < -0.3 is 11.1 Å². The van der Waals surface area contributed by atoms with Gasteiger partial charge in [-0.15, -0.1) is 0 Å². The van der Waals surface area contributed by atoms with Crippen molar-refractivity contribution in [3.63, 3.8) is 0 Å². The highest BCUT2D eigenvalue weighted by molar-refractivity contribution is 5.52. The lowest BCUT2D eigenvalue weighted by Gasteiger charge is -2.10. The summed E-state index contributed by atoms with van der Waals surface area (Å²) in [4.78, 5) is 3.96. The Balaban J connectivity index is 2.09. The Labute approximate surface area is 95.3 Å². The van der Waals surface area contributed by atoms with Crippen molar-refractivity contribution in [3.05, 3.63) is 53.9 Å². The highest BCUT2D eigenvalue weighted by atomic mass is 14.9. The minimum absolute atomic E-state index is 0.721. The Morgan fingerprint density at radius 3 is 2.81 bits per heavy atom. The van der Waals surface area contributed by atoms with Crippen LogP contribution in [0.3, 0.4) is 0 Å². The number of nitrogen functional groups attached to an aromatic ring is 1. The third-order valence-electron chi connectivity index (χ3n) is 2.56. The number of nitrogens with one attached hydrogen (secondary N) is 1. The first kappa shape index (κ1) is 10.5. The van der Waals surface area contributed by atoms with Crippen molar-refractivity contribution in [2.45, 2.75) is 13.5 Å². The fraction of sp³-hybridized carbons (Fsp3) is 0.154. The maximum atomic E-state index is 5.82. The second-order valence-corrected chi connectivity index (χ2v) is 3.74.